The van der Waals surface area contributed by atoms with Gasteiger partial charge in [-0.05, 0) is 35.3 Å². The third-order valence-electron chi connectivity index (χ3n) is 2.47. The van der Waals surface area contributed by atoms with Crippen molar-refractivity contribution in [2.45, 2.75) is 13.8 Å². The average Bonchev–Trinajstić information content (AvgIpc) is 2.68. The Balaban J connectivity index is 2.70. The van der Waals surface area contributed by atoms with Crippen LogP contribution in [-0.2, 0) is 0 Å². The quantitative estimate of drug-likeness (QED) is 0.645. The predicted molar refractivity (Wildman–Crippen MR) is 67.3 cm³/mol. The lowest BCUT2D eigenvalue weighted by molar-refractivity contribution is 0.797. The minimum Gasteiger partial charge on any atom is -0.384 e. The molecule has 0 bridgehead atoms. The molecule has 0 aliphatic carbocycles. The molecule has 0 unspecified atom stereocenters. The van der Waals surface area contributed by atoms with Crippen LogP contribution in [0.3, 0.4) is 0 Å². The summed E-state index contributed by atoms with van der Waals surface area (Å²) in [5, 5.41) is 19.8. The van der Waals surface area contributed by atoms with Gasteiger partial charge >= 0.3 is 0 Å². The molecular formula is C10H11BrN6. The summed E-state index contributed by atoms with van der Waals surface area (Å²) < 4.78 is 2.37. The van der Waals surface area contributed by atoms with E-state index in [1.165, 1.54) is 0 Å². The number of nitrogens with two attached hydrogens (primary N) is 1. The van der Waals surface area contributed by atoms with E-state index in [-0.39, 0.29) is 5.84 Å². The van der Waals surface area contributed by atoms with Gasteiger partial charge in [-0.15, -0.1) is 5.10 Å². The Morgan fingerprint density at radius 3 is 2.65 bits per heavy atom. The second kappa shape index (κ2) is 4.25. The molecule has 0 radical (unpaired) electrons. The number of rotatable bonds is 2. The highest BCUT2D eigenvalue weighted by Crippen LogP contribution is 2.18. The molecule has 0 atom stereocenters. The highest BCUT2D eigenvalue weighted by atomic mass is 79.9. The van der Waals surface area contributed by atoms with Crippen LogP contribution < -0.4 is 5.73 Å². The Morgan fingerprint density at radius 1 is 1.41 bits per heavy atom. The van der Waals surface area contributed by atoms with Crippen molar-refractivity contribution in [3.63, 3.8) is 0 Å². The van der Waals surface area contributed by atoms with Crippen LogP contribution in [0.1, 0.15) is 16.8 Å². The number of nitrogens with one attached hydrogen (secondary N) is 1. The fourth-order valence-electron chi connectivity index (χ4n) is 1.50. The van der Waals surface area contributed by atoms with E-state index in [1.807, 2.05) is 13.8 Å². The van der Waals surface area contributed by atoms with Crippen molar-refractivity contribution in [3.8, 4) is 5.82 Å². The van der Waals surface area contributed by atoms with Gasteiger partial charge in [0.05, 0.1) is 21.9 Å². The number of aromatic nitrogens is 4. The summed E-state index contributed by atoms with van der Waals surface area (Å²) in [6, 6.07) is 0. The molecule has 0 aromatic carbocycles. The molecule has 0 saturated heterocycles. The van der Waals surface area contributed by atoms with Gasteiger partial charge in [0.1, 0.15) is 5.84 Å². The monoisotopic (exact) mass is 294 g/mol. The third-order valence-corrected chi connectivity index (χ3v) is 2.88. The van der Waals surface area contributed by atoms with E-state index in [2.05, 4.69) is 31.2 Å². The van der Waals surface area contributed by atoms with Crippen molar-refractivity contribution >= 4 is 21.8 Å². The third kappa shape index (κ3) is 2.05. The molecule has 0 fully saturated rings. The summed E-state index contributed by atoms with van der Waals surface area (Å²) in [5.74, 6) is 0.424. The fraction of sp³-hybridized carbons (Fsp3) is 0.200. The summed E-state index contributed by atoms with van der Waals surface area (Å²) in [6.45, 7) is 3.69. The summed E-state index contributed by atoms with van der Waals surface area (Å²) in [6.07, 6.45) is 3.38. The van der Waals surface area contributed by atoms with Crippen LogP contribution in [0.5, 0.6) is 0 Å². The lowest BCUT2D eigenvalue weighted by Crippen LogP contribution is -2.19. The minimum absolute atomic E-state index is 0.0397. The first-order valence-corrected chi connectivity index (χ1v) is 5.69. The number of nitrogen functional groups attached to an aromatic ring is 1. The van der Waals surface area contributed by atoms with Crippen molar-refractivity contribution in [3.05, 3.63) is 33.7 Å². The number of aryl methyl sites for hydroxylation is 1. The average molecular weight is 295 g/mol. The largest absolute Gasteiger partial charge is 0.384 e. The van der Waals surface area contributed by atoms with Gasteiger partial charge in [-0.25, -0.2) is 4.68 Å². The summed E-state index contributed by atoms with van der Waals surface area (Å²) in [7, 11) is 0. The van der Waals surface area contributed by atoms with E-state index < -0.39 is 0 Å². The van der Waals surface area contributed by atoms with E-state index in [0.29, 0.717) is 11.4 Å². The predicted octanol–water partition coefficient (Wildman–Crippen LogP) is 1.33. The first-order valence-electron chi connectivity index (χ1n) is 4.89. The van der Waals surface area contributed by atoms with Crippen molar-refractivity contribution in [2.75, 3.05) is 0 Å². The van der Waals surface area contributed by atoms with Crippen LogP contribution in [0.25, 0.3) is 5.82 Å². The number of nitrogens with zero attached hydrogens (tertiary/aromatic N) is 4. The number of amidine groups is 1. The molecule has 0 amide bonds. The zero-order chi connectivity index (χ0) is 12.6. The maximum atomic E-state index is 7.63. The van der Waals surface area contributed by atoms with Crippen molar-refractivity contribution in [1.82, 2.24) is 20.0 Å². The maximum absolute atomic E-state index is 7.63. The molecule has 0 spiro atoms. The second-order valence-corrected chi connectivity index (χ2v) is 4.54. The lowest BCUT2D eigenvalue weighted by Gasteiger charge is -2.10. The Bertz CT molecular complexity index is 588. The van der Waals surface area contributed by atoms with Gasteiger partial charge < -0.3 is 5.73 Å². The first-order chi connectivity index (χ1) is 8.00. The smallest absolute Gasteiger partial charge is 0.186 e. The van der Waals surface area contributed by atoms with Crippen LogP contribution in [-0.4, -0.2) is 25.8 Å². The highest BCUT2D eigenvalue weighted by molar-refractivity contribution is 9.10. The molecule has 0 saturated carbocycles. The van der Waals surface area contributed by atoms with Crippen molar-refractivity contribution in [2.24, 2.45) is 5.73 Å². The molecule has 7 heteroatoms. The highest BCUT2D eigenvalue weighted by Gasteiger charge is 2.15. The van der Waals surface area contributed by atoms with E-state index in [1.54, 1.807) is 17.1 Å². The van der Waals surface area contributed by atoms with Gasteiger partial charge in [0.25, 0.3) is 0 Å². The van der Waals surface area contributed by atoms with Gasteiger partial charge in [0, 0.05) is 6.20 Å². The molecule has 88 valence electrons. The summed E-state index contributed by atoms with van der Waals surface area (Å²) in [4.78, 5) is 0. The zero-order valence-electron chi connectivity index (χ0n) is 9.40. The van der Waals surface area contributed by atoms with Crippen LogP contribution in [0.2, 0.25) is 0 Å². The standard InChI is InChI=1S/C10H11BrN6/c1-5-6(2)15-16-10(8(5)9(12)13)17-4-7(11)3-14-17/h3-4H,1-2H3,(H3,12,13). The maximum Gasteiger partial charge on any atom is 0.186 e. The molecule has 2 rings (SSSR count). The van der Waals surface area contributed by atoms with Gasteiger partial charge in [-0.1, -0.05) is 0 Å². The van der Waals surface area contributed by atoms with E-state index >= 15 is 0 Å². The van der Waals surface area contributed by atoms with Gasteiger partial charge in [-0.2, -0.15) is 10.2 Å². The Hall–Kier alpha value is -1.76. The van der Waals surface area contributed by atoms with Crippen molar-refractivity contribution in [1.29, 1.82) is 5.41 Å². The Kier molecular flexibility index (Phi) is 2.93. The molecular weight excluding hydrogens is 284 g/mol. The number of hydrogen-bond acceptors (Lipinski definition) is 4. The number of hydrogen-bond donors (Lipinski definition) is 2. The van der Waals surface area contributed by atoms with Crippen LogP contribution in [0.4, 0.5) is 0 Å². The second-order valence-electron chi connectivity index (χ2n) is 3.63. The normalized spacial score (nSPS) is 10.5. The molecule has 3 N–H and O–H groups in total. The minimum atomic E-state index is -0.0397. The van der Waals surface area contributed by atoms with E-state index in [4.69, 9.17) is 11.1 Å². The number of halogens is 1. The molecule has 17 heavy (non-hydrogen) atoms. The molecule has 2 heterocycles. The van der Waals surface area contributed by atoms with Crippen LogP contribution in [0.15, 0.2) is 16.9 Å². The zero-order valence-corrected chi connectivity index (χ0v) is 11.0. The summed E-state index contributed by atoms with van der Waals surface area (Å²) in [5.41, 5.74) is 7.75. The van der Waals surface area contributed by atoms with Gasteiger partial charge in [0.15, 0.2) is 5.82 Å². The van der Waals surface area contributed by atoms with Gasteiger partial charge in [0.2, 0.25) is 0 Å². The Morgan fingerprint density at radius 2 is 2.12 bits per heavy atom. The SMILES string of the molecule is Cc1nnc(-n2cc(Br)cn2)c(C(=N)N)c1C. The first kappa shape index (κ1) is 11.7. The van der Waals surface area contributed by atoms with Crippen LogP contribution >= 0.6 is 15.9 Å². The van der Waals surface area contributed by atoms with Gasteiger partial charge in [-0.3, -0.25) is 5.41 Å². The molecule has 6 nitrogen and oxygen atoms in total. The molecule has 2 aromatic rings. The topological polar surface area (TPSA) is 93.5 Å². The fourth-order valence-corrected chi connectivity index (χ4v) is 1.78. The van der Waals surface area contributed by atoms with Crippen LogP contribution in [0, 0.1) is 19.3 Å². The van der Waals surface area contributed by atoms with E-state index in [0.717, 1.165) is 15.7 Å². The van der Waals surface area contributed by atoms with E-state index in [9.17, 15) is 0 Å². The lowest BCUT2D eigenvalue weighted by atomic mass is 10.1. The molecule has 0 aliphatic heterocycles. The Labute approximate surface area is 106 Å². The van der Waals surface area contributed by atoms with Crippen molar-refractivity contribution < 1.29 is 0 Å². The molecule has 2 aromatic heterocycles. The molecule has 0 aliphatic rings. The summed E-state index contributed by atoms with van der Waals surface area (Å²) >= 11 is 3.31.